The maximum atomic E-state index is 3.52. The lowest BCUT2D eigenvalue weighted by Crippen LogP contribution is -2.38. The summed E-state index contributed by atoms with van der Waals surface area (Å²) in [5.41, 5.74) is 0. The zero-order chi connectivity index (χ0) is 10.5. The van der Waals surface area contributed by atoms with E-state index < -0.39 is 0 Å². The highest BCUT2D eigenvalue weighted by Gasteiger charge is 2.19. The number of nitrogens with zero attached hydrogens (tertiary/aromatic N) is 1. The zero-order valence-electron chi connectivity index (χ0n) is 10.6. The molecule has 0 bridgehead atoms. The van der Waals surface area contributed by atoms with E-state index in [2.05, 4.69) is 17.1 Å². The maximum absolute atomic E-state index is 3.52. The van der Waals surface area contributed by atoms with Gasteiger partial charge in [0.1, 0.15) is 0 Å². The van der Waals surface area contributed by atoms with Crippen LogP contribution in [0.1, 0.15) is 39.0 Å². The molecule has 96 valence electrons. The van der Waals surface area contributed by atoms with Gasteiger partial charge in [-0.25, -0.2) is 0 Å². The summed E-state index contributed by atoms with van der Waals surface area (Å²) in [5, 5.41) is 3.52. The fraction of sp³-hybridized carbons (Fsp3) is 1.00. The molecular formula is C13H27ClN2. The molecule has 0 amide bonds. The molecule has 2 aliphatic heterocycles. The zero-order valence-corrected chi connectivity index (χ0v) is 11.4. The molecule has 2 heterocycles. The largest absolute Gasteiger partial charge is 0.316 e. The van der Waals surface area contributed by atoms with Crippen LogP contribution in [-0.2, 0) is 0 Å². The molecule has 2 rings (SSSR count). The molecule has 0 aromatic carbocycles. The number of halogens is 1. The molecule has 0 aliphatic carbocycles. The van der Waals surface area contributed by atoms with Crippen LogP contribution in [0.2, 0.25) is 0 Å². The van der Waals surface area contributed by atoms with Crippen LogP contribution in [0.25, 0.3) is 0 Å². The molecular weight excluding hydrogens is 220 g/mol. The van der Waals surface area contributed by atoms with Gasteiger partial charge in [0.15, 0.2) is 0 Å². The van der Waals surface area contributed by atoms with Crippen LogP contribution >= 0.6 is 12.4 Å². The Labute approximate surface area is 107 Å². The highest BCUT2D eigenvalue weighted by molar-refractivity contribution is 5.85. The smallest absolute Gasteiger partial charge is 0.00218 e. The number of nitrogens with one attached hydrogen (secondary N) is 1. The first-order chi connectivity index (χ1) is 7.34. The second-order valence-electron chi connectivity index (χ2n) is 5.55. The van der Waals surface area contributed by atoms with Crippen LogP contribution in [0.15, 0.2) is 0 Å². The van der Waals surface area contributed by atoms with E-state index in [0.29, 0.717) is 0 Å². The van der Waals surface area contributed by atoms with Gasteiger partial charge in [0.25, 0.3) is 0 Å². The van der Waals surface area contributed by atoms with Crippen molar-refractivity contribution in [2.45, 2.75) is 39.0 Å². The lowest BCUT2D eigenvalue weighted by molar-refractivity contribution is 0.213. The first-order valence-electron chi connectivity index (χ1n) is 6.77. The van der Waals surface area contributed by atoms with E-state index in [1.807, 2.05) is 0 Å². The van der Waals surface area contributed by atoms with Crippen LogP contribution < -0.4 is 5.32 Å². The quantitative estimate of drug-likeness (QED) is 0.806. The molecule has 3 heteroatoms. The van der Waals surface area contributed by atoms with E-state index in [-0.39, 0.29) is 12.4 Å². The van der Waals surface area contributed by atoms with Crippen molar-refractivity contribution in [1.29, 1.82) is 0 Å². The highest BCUT2D eigenvalue weighted by Crippen LogP contribution is 2.19. The SMILES string of the molecule is CC1CCCN(CC2CCCNC2)CC1.Cl. The summed E-state index contributed by atoms with van der Waals surface area (Å²) < 4.78 is 0. The molecule has 0 spiro atoms. The topological polar surface area (TPSA) is 15.3 Å². The third-order valence-corrected chi connectivity index (χ3v) is 4.02. The second-order valence-corrected chi connectivity index (χ2v) is 5.55. The first-order valence-corrected chi connectivity index (χ1v) is 6.77. The van der Waals surface area contributed by atoms with E-state index in [1.54, 1.807) is 0 Å². The van der Waals surface area contributed by atoms with Gasteiger partial charge in [0, 0.05) is 6.54 Å². The van der Waals surface area contributed by atoms with Gasteiger partial charge in [-0.1, -0.05) is 6.92 Å². The van der Waals surface area contributed by atoms with E-state index in [0.717, 1.165) is 11.8 Å². The lowest BCUT2D eigenvalue weighted by Gasteiger charge is -2.29. The van der Waals surface area contributed by atoms with E-state index in [9.17, 15) is 0 Å². The minimum absolute atomic E-state index is 0. The van der Waals surface area contributed by atoms with Crippen LogP contribution in [0.3, 0.4) is 0 Å². The van der Waals surface area contributed by atoms with Gasteiger partial charge in [0.05, 0.1) is 0 Å². The molecule has 2 saturated heterocycles. The van der Waals surface area contributed by atoms with E-state index in [4.69, 9.17) is 0 Å². The average molecular weight is 247 g/mol. The lowest BCUT2D eigenvalue weighted by atomic mass is 9.99. The summed E-state index contributed by atoms with van der Waals surface area (Å²) >= 11 is 0. The van der Waals surface area contributed by atoms with Crippen LogP contribution in [-0.4, -0.2) is 37.6 Å². The Bertz CT molecular complexity index is 181. The summed E-state index contributed by atoms with van der Waals surface area (Å²) in [4.78, 5) is 2.71. The van der Waals surface area contributed by atoms with Crippen molar-refractivity contribution in [2.24, 2.45) is 11.8 Å². The van der Waals surface area contributed by atoms with Gasteiger partial charge in [-0.3, -0.25) is 0 Å². The van der Waals surface area contributed by atoms with Gasteiger partial charge in [0.2, 0.25) is 0 Å². The van der Waals surface area contributed by atoms with Gasteiger partial charge < -0.3 is 10.2 Å². The molecule has 2 atom stereocenters. The molecule has 2 aliphatic rings. The number of hydrogen-bond acceptors (Lipinski definition) is 2. The normalized spacial score (nSPS) is 32.8. The van der Waals surface area contributed by atoms with Crippen molar-refractivity contribution in [3.05, 3.63) is 0 Å². The van der Waals surface area contributed by atoms with Crippen LogP contribution in [0, 0.1) is 11.8 Å². The molecule has 16 heavy (non-hydrogen) atoms. The molecule has 2 fully saturated rings. The summed E-state index contributed by atoms with van der Waals surface area (Å²) in [6.45, 7) is 8.95. The summed E-state index contributed by atoms with van der Waals surface area (Å²) in [7, 11) is 0. The first kappa shape index (κ1) is 14.3. The van der Waals surface area contributed by atoms with Crippen molar-refractivity contribution in [1.82, 2.24) is 10.2 Å². The fourth-order valence-corrected chi connectivity index (χ4v) is 2.95. The predicted octanol–water partition coefficient (Wildman–Crippen LogP) is 2.53. The van der Waals surface area contributed by atoms with Crippen molar-refractivity contribution in [3.8, 4) is 0 Å². The monoisotopic (exact) mass is 246 g/mol. The molecule has 2 nitrogen and oxygen atoms in total. The Balaban J connectivity index is 0.00000128. The molecule has 2 unspecified atom stereocenters. The van der Waals surface area contributed by atoms with Crippen LogP contribution in [0.4, 0.5) is 0 Å². The maximum Gasteiger partial charge on any atom is 0.00218 e. The Morgan fingerprint density at radius 2 is 2.00 bits per heavy atom. The summed E-state index contributed by atoms with van der Waals surface area (Å²) in [6.07, 6.45) is 7.11. The van der Waals surface area contributed by atoms with Crippen molar-refractivity contribution in [3.63, 3.8) is 0 Å². The molecule has 1 N–H and O–H groups in total. The average Bonchev–Trinajstić information content (AvgIpc) is 2.46. The molecule has 0 aromatic heterocycles. The Morgan fingerprint density at radius 1 is 1.12 bits per heavy atom. The number of hydrogen-bond donors (Lipinski definition) is 1. The van der Waals surface area contributed by atoms with Crippen molar-refractivity contribution < 1.29 is 0 Å². The van der Waals surface area contributed by atoms with Crippen LogP contribution in [0.5, 0.6) is 0 Å². The van der Waals surface area contributed by atoms with Gasteiger partial charge >= 0.3 is 0 Å². The number of piperidine rings is 1. The highest BCUT2D eigenvalue weighted by atomic mass is 35.5. The third kappa shape index (κ3) is 4.60. The Hall–Kier alpha value is 0.210. The summed E-state index contributed by atoms with van der Waals surface area (Å²) in [5.74, 6) is 1.88. The standard InChI is InChI=1S/C13H26N2.ClH/c1-12-4-3-8-15(9-6-12)11-13-5-2-7-14-10-13;/h12-14H,2-11H2,1H3;1H. The molecule has 0 radical (unpaired) electrons. The van der Waals surface area contributed by atoms with Gasteiger partial charge in [-0.05, 0) is 70.1 Å². The minimum Gasteiger partial charge on any atom is -0.316 e. The number of rotatable bonds is 2. The summed E-state index contributed by atoms with van der Waals surface area (Å²) in [6, 6.07) is 0. The van der Waals surface area contributed by atoms with E-state index >= 15 is 0 Å². The van der Waals surface area contributed by atoms with Gasteiger partial charge in [-0.15, -0.1) is 12.4 Å². The fourth-order valence-electron chi connectivity index (χ4n) is 2.95. The molecule has 0 aromatic rings. The predicted molar refractivity (Wildman–Crippen MR) is 72.3 cm³/mol. The van der Waals surface area contributed by atoms with Gasteiger partial charge in [-0.2, -0.15) is 0 Å². The van der Waals surface area contributed by atoms with Crippen molar-refractivity contribution in [2.75, 3.05) is 32.7 Å². The third-order valence-electron chi connectivity index (χ3n) is 4.02. The Morgan fingerprint density at radius 3 is 2.75 bits per heavy atom. The van der Waals surface area contributed by atoms with E-state index in [1.165, 1.54) is 64.8 Å². The van der Waals surface area contributed by atoms with Crippen molar-refractivity contribution >= 4 is 12.4 Å². The second kappa shape index (κ2) is 7.52. The Kier molecular flexibility index (Phi) is 6.71. The number of likely N-dealkylation sites (tertiary alicyclic amines) is 1. The molecule has 0 saturated carbocycles. The minimum atomic E-state index is 0.